The maximum absolute atomic E-state index is 12.6. The molecule has 3 rings (SSSR count). The van der Waals surface area contributed by atoms with Crippen LogP contribution in [0, 0.1) is 5.92 Å². The summed E-state index contributed by atoms with van der Waals surface area (Å²) in [5, 5.41) is 2.82. The molecule has 0 radical (unpaired) electrons. The van der Waals surface area contributed by atoms with Crippen LogP contribution in [0.3, 0.4) is 0 Å². The highest BCUT2D eigenvalue weighted by atomic mass is 16.5. The minimum atomic E-state index is -0.401. The highest BCUT2D eigenvalue weighted by Crippen LogP contribution is 2.30. The highest BCUT2D eigenvalue weighted by Gasteiger charge is 2.36. The molecule has 0 aliphatic carbocycles. The number of hydrogen-bond acceptors (Lipinski definition) is 4. The van der Waals surface area contributed by atoms with Gasteiger partial charge in [-0.3, -0.25) is 9.59 Å². The zero-order chi connectivity index (χ0) is 17.8. The van der Waals surface area contributed by atoms with Gasteiger partial charge in [0.1, 0.15) is 5.69 Å². The minimum Gasteiger partial charge on any atom is -0.480 e. The van der Waals surface area contributed by atoms with Gasteiger partial charge < -0.3 is 15.0 Å². The van der Waals surface area contributed by atoms with E-state index < -0.39 is 5.92 Å². The van der Waals surface area contributed by atoms with Gasteiger partial charge in [-0.15, -0.1) is 0 Å². The Morgan fingerprint density at radius 3 is 2.88 bits per heavy atom. The number of para-hydroxylation sites is 1. The summed E-state index contributed by atoms with van der Waals surface area (Å²) in [6.07, 6.45) is 2.63. The lowest BCUT2D eigenvalue weighted by Gasteiger charge is -2.20. The smallest absolute Gasteiger partial charge is 0.237 e. The lowest BCUT2D eigenvalue weighted by atomic mass is 10.1. The fourth-order valence-corrected chi connectivity index (χ4v) is 3.07. The van der Waals surface area contributed by atoms with Gasteiger partial charge in [0, 0.05) is 24.8 Å². The van der Waals surface area contributed by atoms with E-state index in [0.29, 0.717) is 18.1 Å². The van der Waals surface area contributed by atoms with Crippen LogP contribution in [0.25, 0.3) is 0 Å². The van der Waals surface area contributed by atoms with Gasteiger partial charge in [-0.2, -0.15) is 0 Å². The first kappa shape index (κ1) is 17.0. The van der Waals surface area contributed by atoms with Gasteiger partial charge in [0.2, 0.25) is 17.7 Å². The van der Waals surface area contributed by atoms with Gasteiger partial charge in [-0.1, -0.05) is 25.1 Å². The molecular weight excluding hydrogens is 318 g/mol. The van der Waals surface area contributed by atoms with Crippen molar-refractivity contribution in [2.24, 2.45) is 5.92 Å². The molecule has 1 saturated heterocycles. The van der Waals surface area contributed by atoms with Crippen LogP contribution in [-0.4, -0.2) is 30.5 Å². The fourth-order valence-electron chi connectivity index (χ4n) is 3.07. The van der Waals surface area contributed by atoms with Gasteiger partial charge in [0.25, 0.3) is 0 Å². The van der Waals surface area contributed by atoms with Crippen molar-refractivity contribution in [3.05, 3.63) is 48.2 Å². The Morgan fingerprint density at radius 2 is 2.12 bits per heavy atom. The Labute approximate surface area is 146 Å². The quantitative estimate of drug-likeness (QED) is 0.909. The Balaban J connectivity index is 1.75. The number of benzene rings is 1. The number of rotatable bonds is 5. The Hall–Kier alpha value is -2.89. The third-order valence-electron chi connectivity index (χ3n) is 4.38. The molecule has 6 heteroatoms. The third-order valence-corrected chi connectivity index (χ3v) is 4.38. The molecule has 1 N–H and O–H groups in total. The van der Waals surface area contributed by atoms with Crippen molar-refractivity contribution >= 4 is 23.2 Å². The summed E-state index contributed by atoms with van der Waals surface area (Å²) in [6.45, 7) is 2.43. The van der Waals surface area contributed by atoms with E-state index in [1.54, 1.807) is 23.2 Å². The summed E-state index contributed by atoms with van der Waals surface area (Å²) in [6, 6.07) is 11.3. The molecule has 0 saturated carbocycles. The largest absolute Gasteiger partial charge is 0.480 e. The number of amides is 2. The van der Waals surface area contributed by atoms with Crippen molar-refractivity contribution in [1.29, 1.82) is 0 Å². The van der Waals surface area contributed by atoms with E-state index in [2.05, 4.69) is 17.2 Å². The van der Waals surface area contributed by atoms with Gasteiger partial charge in [0.15, 0.2) is 0 Å². The van der Waals surface area contributed by atoms with Crippen molar-refractivity contribution < 1.29 is 14.3 Å². The van der Waals surface area contributed by atoms with E-state index in [-0.39, 0.29) is 18.2 Å². The second-order valence-electron chi connectivity index (χ2n) is 5.94. The molecule has 0 spiro atoms. The summed E-state index contributed by atoms with van der Waals surface area (Å²) in [5.41, 5.74) is 2.50. The molecular formula is C19H21N3O3. The molecule has 130 valence electrons. The number of methoxy groups -OCH3 is 1. The lowest BCUT2D eigenvalue weighted by molar-refractivity contribution is -0.122. The lowest BCUT2D eigenvalue weighted by Crippen LogP contribution is -2.28. The molecule has 2 aromatic rings. The maximum Gasteiger partial charge on any atom is 0.237 e. The number of ether oxygens (including phenoxy) is 1. The van der Waals surface area contributed by atoms with E-state index in [0.717, 1.165) is 17.7 Å². The molecule has 2 heterocycles. The van der Waals surface area contributed by atoms with Gasteiger partial charge >= 0.3 is 0 Å². The summed E-state index contributed by atoms with van der Waals surface area (Å²) >= 11 is 0. The van der Waals surface area contributed by atoms with Crippen LogP contribution in [0.5, 0.6) is 5.88 Å². The van der Waals surface area contributed by atoms with Crippen LogP contribution >= 0.6 is 0 Å². The van der Waals surface area contributed by atoms with Gasteiger partial charge in [0.05, 0.1) is 13.0 Å². The first-order chi connectivity index (χ1) is 12.1. The van der Waals surface area contributed by atoms with Crippen molar-refractivity contribution in [3.63, 3.8) is 0 Å². The predicted molar refractivity (Wildman–Crippen MR) is 95.7 cm³/mol. The van der Waals surface area contributed by atoms with E-state index in [1.165, 1.54) is 7.11 Å². The van der Waals surface area contributed by atoms with Crippen LogP contribution in [0.2, 0.25) is 0 Å². The van der Waals surface area contributed by atoms with Crippen LogP contribution in [0.1, 0.15) is 18.9 Å². The summed E-state index contributed by atoms with van der Waals surface area (Å²) in [4.78, 5) is 30.8. The average Bonchev–Trinajstić information content (AvgIpc) is 3.03. The van der Waals surface area contributed by atoms with E-state index in [1.807, 2.05) is 24.3 Å². The number of aromatic nitrogens is 1. The third kappa shape index (κ3) is 3.47. The molecule has 0 bridgehead atoms. The predicted octanol–water partition coefficient (Wildman–Crippen LogP) is 2.64. The molecule has 6 nitrogen and oxygen atoms in total. The maximum atomic E-state index is 12.6. The number of carbonyl (C=O) groups excluding carboxylic acids is 2. The molecule has 2 amide bonds. The van der Waals surface area contributed by atoms with Crippen molar-refractivity contribution in [1.82, 2.24) is 4.98 Å². The molecule has 1 aliphatic rings. The minimum absolute atomic E-state index is 0.0285. The number of carbonyl (C=O) groups is 2. The van der Waals surface area contributed by atoms with E-state index in [9.17, 15) is 9.59 Å². The number of aryl methyl sites for hydroxylation is 1. The van der Waals surface area contributed by atoms with Crippen molar-refractivity contribution in [2.75, 3.05) is 23.9 Å². The topological polar surface area (TPSA) is 71.5 Å². The SMILES string of the molecule is CCc1ccccc1N1C[C@@H](C(=O)Nc2cccnc2OC)CC1=O. The standard InChI is InChI=1S/C19H21N3O3/c1-3-13-7-4-5-9-16(13)22-12-14(11-17(22)23)18(24)21-15-8-6-10-20-19(15)25-2/h4-10,14H,3,11-12H2,1-2H3,(H,21,24)/t14-/m0/s1. The van der Waals surface area contributed by atoms with Crippen molar-refractivity contribution in [3.8, 4) is 5.88 Å². The normalized spacial score (nSPS) is 16.8. The molecule has 1 aromatic carbocycles. The fraction of sp³-hybridized carbons (Fsp3) is 0.316. The van der Waals surface area contributed by atoms with Crippen molar-refractivity contribution in [2.45, 2.75) is 19.8 Å². The summed E-state index contributed by atoms with van der Waals surface area (Å²) < 4.78 is 5.15. The molecule has 0 unspecified atom stereocenters. The molecule has 1 aliphatic heterocycles. The van der Waals surface area contributed by atoms with Crippen LogP contribution in [0.4, 0.5) is 11.4 Å². The highest BCUT2D eigenvalue weighted by molar-refractivity contribution is 6.04. The van der Waals surface area contributed by atoms with E-state index in [4.69, 9.17) is 4.74 Å². The van der Waals surface area contributed by atoms with Crippen LogP contribution in [0.15, 0.2) is 42.6 Å². The summed E-state index contributed by atoms with van der Waals surface area (Å²) in [5.74, 6) is -0.272. The number of nitrogens with one attached hydrogen (secondary N) is 1. The second-order valence-corrected chi connectivity index (χ2v) is 5.94. The number of hydrogen-bond donors (Lipinski definition) is 1. The zero-order valence-corrected chi connectivity index (χ0v) is 14.4. The van der Waals surface area contributed by atoms with Gasteiger partial charge in [-0.05, 0) is 30.2 Å². The number of anilines is 2. The average molecular weight is 339 g/mol. The first-order valence-corrected chi connectivity index (χ1v) is 8.32. The zero-order valence-electron chi connectivity index (χ0n) is 14.4. The first-order valence-electron chi connectivity index (χ1n) is 8.32. The Kier molecular flexibility index (Phi) is 4.97. The second kappa shape index (κ2) is 7.34. The number of nitrogens with zero attached hydrogens (tertiary/aromatic N) is 2. The molecule has 1 aromatic heterocycles. The van der Waals surface area contributed by atoms with Crippen LogP contribution in [-0.2, 0) is 16.0 Å². The molecule has 1 atom stereocenters. The number of pyridine rings is 1. The molecule has 1 fully saturated rings. The monoisotopic (exact) mass is 339 g/mol. The van der Waals surface area contributed by atoms with Gasteiger partial charge in [-0.25, -0.2) is 4.98 Å². The van der Waals surface area contributed by atoms with Crippen LogP contribution < -0.4 is 15.0 Å². The molecule has 25 heavy (non-hydrogen) atoms. The Bertz CT molecular complexity index is 791. The Morgan fingerprint density at radius 1 is 1.32 bits per heavy atom. The summed E-state index contributed by atoms with van der Waals surface area (Å²) in [7, 11) is 1.50. The van der Waals surface area contributed by atoms with E-state index >= 15 is 0 Å².